The number of halogens is 2. The van der Waals surface area contributed by atoms with E-state index < -0.39 is 4.92 Å². The van der Waals surface area contributed by atoms with Crippen LogP contribution in [0.25, 0.3) is 0 Å². The molecule has 2 heterocycles. The van der Waals surface area contributed by atoms with E-state index in [4.69, 9.17) is 23.2 Å². The van der Waals surface area contributed by atoms with Crippen molar-refractivity contribution >= 4 is 40.5 Å². The lowest BCUT2D eigenvalue weighted by Gasteiger charge is -2.05. The maximum absolute atomic E-state index is 12.3. The van der Waals surface area contributed by atoms with Crippen molar-refractivity contribution in [3.63, 3.8) is 0 Å². The van der Waals surface area contributed by atoms with Gasteiger partial charge in [-0.15, -0.1) is 0 Å². The van der Waals surface area contributed by atoms with E-state index in [9.17, 15) is 14.9 Å². The minimum atomic E-state index is -0.501. The Kier molecular flexibility index (Phi) is 5.66. The third-order valence-electron chi connectivity index (χ3n) is 4.06. The first kappa shape index (κ1) is 19.8. The number of carbonyl (C=O) groups is 1. The molecular formula is C17H16Cl2N6O3. The molecule has 3 rings (SSSR count). The van der Waals surface area contributed by atoms with Crippen molar-refractivity contribution in [1.82, 2.24) is 19.6 Å². The second-order valence-corrected chi connectivity index (χ2v) is 6.97. The largest absolute Gasteiger partial charge is 0.322 e. The maximum Gasteiger partial charge on any atom is 0.312 e. The molecule has 0 saturated heterocycles. The van der Waals surface area contributed by atoms with Crippen LogP contribution in [-0.4, -0.2) is 30.4 Å². The molecule has 0 bridgehead atoms. The van der Waals surface area contributed by atoms with Crippen LogP contribution in [0.5, 0.6) is 0 Å². The molecule has 0 fully saturated rings. The molecule has 0 aliphatic carbocycles. The molecule has 0 unspecified atom stereocenters. The van der Waals surface area contributed by atoms with Crippen LogP contribution in [0, 0.1) is 24.0 Å². The molecule has 0 aliphatic rings. The van der Waals surface area contributed by atoms with Crippen molar-refractivity contribution in [2.75, 3.05) is 5.32 Å². The molecule has 2 aromatic heterocycles. The first-order valence-corrected chi connectivity index (χ1v) is 8.95. The Labute approximate surface area is 170 Å². The van der Waals surface area contributed by atoms with E-state index in [2.05, 4.69) is 15.5 Å². The normalized spacial score (nSPS) is 10.9. The molecule has 1 N–H and O–H groups in total. The number of hydrogen-bond acceptors (Lipinski definition) is 5. The molecule has 3 aromatic rings. The fraction of sp³-hybridized carbons (Fsp3) is 0.235. The lowest BCUT2D eigenvalue weighted by Crippen LogP contribution is -2.20. The summed E-state index contributed by atoms with van der Waals surface area (Å²) in [6, 6.07) is 5.29. The third kappa shape index (κ3) is 4.32. The highest BCUT2D eigenvalue weighted by molar-refractivity contribution is 6.42. The summed E-state index contributed by atoms with van der Waals surface area (Å²) in [6.07, 6.45) is 3.18. The Hall–Kier alpha value is -2.91. The Bertz CT molecular complexity index is 1060. The molecule has 1 aromatic carbocycles. The van der Waals surface area contributed by atoms with Gasteiger partial charge in [-0.05, 0) is 31.5 Å². The lowest BCUT2D eigenvalue weighted by molar-refractivity contribution is -0.386. The van der Waals surface area contributed by atoms with Crippen molar-refractivity contribution in [2.24, 2.45) is 0 Å². The van der Waals surface area contributed by atoms with E-state index in [0.717, 1.165) is 5.56 Å². The lowest BCUT2D eigenvalue weighted by atomic mass is 10.2. The summed E-state index contributed by atoms with van der Waals surface area (Å²) in [4.78, 5) is 22.8. The summed E-state index contributed by atoms with van der Waals surface area (Å²) in [5.74, 6) is -0.366. The van der Waals surface area contributed by atoms with Gasteiger partial charge in [0.05, 0.1) is 33.4 Å². The fourth-order valence-corrected chi connectivity index (χ4v) is 3.10. The topological polar surface area (TPSA) is 108 Å². The molecule has 0 saturated carbocycles. The van der Waals surface area contributed by atoms with E-state index in [0.29, 0.717) is 28.0 Å². The predicted molar refractivity (Wildman–Crippen MR) is 105 cm³/mol. The van der Waals surface area contributed by atoms with Crippen molar-refractivity contribution in [3.05, 3.63) is 67.7 Å². The van der Waals surface area contributed by atoms with Gasteiger partial charge in [-0.3, -0.25) is 24.3 Å². The van der Waals surface area contributed by atoms with Gasteiger partial charge in [0.15, 0.2) is 0 Å². The van der Waals surface area contributed by atoms with Gasteiger partial charge in [-0.1, -0.05) is 29.3 Å². The Morgan fingerprint density at radius 1 is 1.29 bits per heavy atom. The molecule has 1 amide bonds. The number of nitrogens with one attached hydrogen (secondary N) is 1. The van der Waals surface area contributed by atoms with Gasteiger partial charge >= 0.3 is 5.69 Å². The zero-order valence-electron chi connectivity index (χ0n) is 15.0. The number of nitro groups is 1. The van der Waals surface area contributed by atoms with E-state index >= 15 is 0 Å². The highest BCUT2D eigenvalue weighted by atomic mass is 35.5. The Morgan fingerprint density at radius 2 is 2.04 bits per heavy atom. The Morgan fingerprint density at radius 3 is 2.68 bits per heavy atom. The number of amides is 1. The number of benzene rings is 1. The summed E-state index contributed by atoms with van der Waals surface area (Å²) < 4.78 is 2.95. The van der Waals surface area contributed by atoms with E-state index in [1.165, 1.54) is 17.8 Å². The highest BCUT2D eigenvalue weighted by Crippen LogP contribution is 2.23. The van der Waals surface area contributed by atoms with Crippen molar-refractivity contribution in [2.45, 2.75) is 26.9 Å². The number of rotatable bonds is 6. The predicted octanol–water partition coefficient (Wildman–Crippen LogP) is 3.60. The molecular weight excluding hydrogens is 407 g/mol. The fourth-order valence-electron chi connectivity index (χ4n) is 2.78. The number of hydrogen-bond donors (Lipinski definition) is 1. The molecule has 11 heteroatoms. The number of nitrogens with zero attached hydrogens (tertiary/aromatic N) is 5. The maximum atomic E-state index is 12.3. The third-order valence-corrected chi connectivity index (χ3v) is 4.80. The average Bonchev–Trinajstić information content (AvgIpc) is 3.15. The molecule has 146 valence electrons. The highest BCUT2D eigenvalue weighted by Gasteiger charge is 2.22. The van der Waals surface area contributed by atoms with Gasteiger partial charge in [0.2, 0.25) is 5.91 Å². The van der Waals surface area contributed by atoms with Crippen molar-refractivity contribution < 1.29 is 9.72 Å². The minimum Gasteiger partial charge on any atom is -0.322 e. The van der Waals surface area contributed by atoms with Crippen LogP contribution in [0.3, 0.4) is 0 Å². The van der Waals surface area contributed by atoms with Gasteiger partial charge in [0.25, 0.3) is 0 Å². The molecule has 0 spiro atoms. The minimum absolute atomic E-state index is 0.0813. The van der Waals surface area contributed by atoms with Gasteiger partial charge in [0, 0.05) is 6.20 Å². The van der Waals surface area contributed by atoms with Crippen LogP contribution in [-0.2, 0) is 17.9 Å². The smallest absolute Gasteiger partial charge is 0.312 e. The van der Waals surface area contributed by atoms with E-state index in [-0.39, 0.29) is 23.8 Å². The SMILES string of the molecule is Cc1nn(CC(=O)Nc2cnn(Cc3ccc(Cl)c(Cl)c3)c2)c(C)c1[N+](=O)[O-]. The molecule has 28 heavy (non-hydrogen) atoms. The van der Waals surface area contributed by atoms with Crippen molar-refractivity contribution in [3.8, 4) is 0 Å². The summed E-state index contributed by atoms with van der Waals surface area (Å²) in [5.41, 5.74) is 1.92. The van der Waals surface area contributed by atoms with Crippen LogP contribution in [0.2, 0.25) is 10.0 Å². The number of aromatic nitrogens is 4. The molecule has 0 aliphatic heterocycles. The monoisotopic (exact) mass is 422 g/mol. The van der Waals surface area contributed by atoms with Gasteiger partial charge in [-0.2, -0.15) is 10.2 Å². The number of carbonyl (C=O) groups excluding carboxylic acids is 1. The first-order chi connectivity index (χ1) is 13.2. The number of anilines is 1. The second-order valence-electron chi connectivity index (χ2n) is 6.16. The zero-order chi connectivity index (χ0) is 20.4. The van der Waals surface area contributed by atoms with Gasteiger partial charge in [0.1, 0.15) is 17.9 Å². The molecule has 0 atom stereocenters. The van der Waals surface area contributed by atoms with Gasteiger partial charge < -0.3 is 5.32 Å². The standard InChI is InChI=1S/C17H16Cl2N6O3/c1-10-17(25(27)28)11(2)24(22-10)9-16(26)21-13-6-20-23(8-13)7-12-3-4-14(18)15(19)5-12/h3-6,8H,7,9H2,1-2H3,(H,21,26). The molecule has 9 nitrogen and oxygen atoms in total. The quantitative estimate of drug-likeness (QED) is 0.482. The van der Waals surface area contributed by atoms with Crippen LogP contribution in [0.4, 0.5) is 11.4 Å². The van der Waals surface area contributed by atoms with E-state index in [1.54, 1.807) is 29.9 Å². The first-order valence-electron chi connectivity index (χ1n) is 8.19. The summed E-state index contributed by atoms with van der Waals surface area (Å²) in [5, 5.41) is 22.9. The summed E-state index contributed by atoms with van der Waals surface area (Å²) >= 11 is 11.9. The average molecular weight is 423 g/mol. The summed E-state index contributed by atoms with van der Waals surface area (Å²) in [6.45, 7) is 3.40. The molecule has 0 radical (unpaired) electrons. The number of aryl methyl sites for hydroxylation is 1. The van der Waals surface area contributed by atoms with E-state index in [1.807, 2.05) is 6.07 Å². The van der Waals surface area contributed by atoms with Crippen LogP contribution in [0.15, 0.2) is 30.6 Å². The van der Waals surface area contributed by atoms with Crippen LogP contribution >= 0.6 is 23.2 Å². The van der Waals surface area contributed by atoms with Crippen LogP contribution in [0.1, 0.15) is 17.0 Å². The zero-order valence-corrected chi connectivity index (χ0v) is 16.5. The van der Waals surface area contributed by atoms with Gasteiger partial charge in [-0.25, -0.2) is 0 Å². The summed E-state index contributed by atoms with van der Waals surface area (Å²) in [7, 11) is 0. The van der Waals surface area contributed by atoms with Crippen molar-refractivity contribution in [1.29, 1.82) is 0 Å². The second kappa shape index (κ2) is 7.99. The Balaban J connectivity index is 1.65. The van der Waals surface area contributed by atoms with Crippen LogP contribution < -0.4 is 5.32 Å².